The minimum Gasteiger partial charge on any atom is -0.395 e. The van der Waals surface area contributed by atoms with Crippen LogP contribution in [-0.2, 0) is 0 Å². The number of tetrazole rings is 1. The van der Waals surface area contributed by atoms with Crippen LogP contribution in [-0.4, -0.2) is 70.0 Å². The molecule has 1 aliphatic heterocycles. The van der Waals surface area contributed by atoms with Crippen molar-refractivity contribution in [3.8, 4) is 0 Å². The van der Waals surface area contributed by atoms with Crippen LogP contribution >= 0.6 is 0 Å². The number of aromatic amines is 1. The zero-order valence-corrected chi connectivity index (χ0v) is 7.93. The van der Waals surface area contributed by atoms with Gasteiger partial charge in [0.25, 0.3) is 5.95 Å². The van der Waals surface area contributed by atoms with Gasteiger partial charge in [-0.2, -0.15) is 5.21 Å². The van der Waals surface area contributed by atoms with Gasteiger partial charge in [0, 0.05) is 32.7 Å². The molecule has 7 nitrogen and oxygen atoms in total. The molecule has 0 aliphatic carbocycles. The zero-order valence-electron chi connectivity index (χ0n) is 7.93. The second kappa shape index (κ2) is 4.34. The molecule has 0 aromatic carbocycles. The summed E-state index contributed by atoms with van der Waals surface area (Å²) < 4.78 is 0. The number of rotatable bonds is 3. The van der Waals surface area contributed by atoms with Crippen LogP contribution in [0.2, 0.25) is 0 Å². The number of H-pyrrole nitrogens is 1. The zero-order chi connectivity index (χ0) is 9.80. The van der Waals surface area contributed by atoms with Crippen LogP contribution in [0.1, 0.15) is 0 Å². The van der Waals surface area contributed by atoms with E-state index in [0.29, 0.717) is 5.95 Å². The van der Waals surface area contributed by atoms with E-state index in [1.54, 1.807) is 0 Å². The van der Waals surface area contributed by atoms with Gasteiger partial charge in [-0.3, -0.25) is 4.90 Å². The molecule has 0 unspecified atom stereocenters. The van der Waals surface area contributed by atoms with Crippen molar-refractivity contribution < 1.29 is 5.11 Å². The van der Waals surface area contributed by atoms with E-state index in [1.807, 2.05) is 0 Å². The molecule has 1 fully saturated rings. The summed E-state index contributed by atoms with van der Waals surface area (Å²) in [6, 6.07) is 0. The summed E-state index contributed by atoms with van der Waals surface area (Å²) in [5.74, 6) is 0.661. The first-order valence-electron chi connectivity index (χ1n) is 4.72. The Morgan fingerprint density at radius 2 is 2.07 bits per heavy atom. The molecule has 1 aliphatic rings. The summed E-state index contributed by atoms with van der Waals surface area (Å²) in [5.41, 5.74) is 0. The SMILES string of the molecule is OCCN1CCN(c2nn[nH]n2)CC1. The second-order valence-corrected chi connectivity index (χ2v) is 3.26. The Hall–Kier alpha value is -1.21. The van der Waals surface area contributed by atoms with Crippen LogP contribution in [0.15, 0.2) is 0 Å². The van der Waals surface area contributed by atoms with E-state index in [2.05, 4.69) is 30.4 Å². The Kier molecular flexibility index (Phi) is 2.90. The fourth-order valence-electron chi connectivity index (χ4n) is 1.60. The average molecular weight is 198 g/mol. The van der Waals surface area contributed by atoms with E-state index in [9.17, 15) is 0 Å². The molecule has 0 bridgehead atoms. The summed E-state index contributed by atoms with van der Waals surface area (Å²) in [6.07, 6.45) is 0. The van der Waals surface area contributed by atoms with Crippen molar-refractivity contribution in [1.29, 1.82) is 0 Å². The molecular weight excluding hydrogens is 184 g/mol. The molecule has 2 rings (SSSR count). The second-order valence-electron chi connectivity index (χ2n) is 3.26. The van der Waals surface area contributed by atoms with Gasteiger partial charge in [-0.25, -0.2) is 0 Å². The molecule has 0 saturated carbocycles. The highest BCUT2D eigenvalue weighted by molar-refractivity contribution is 5.26. The van der Waals surface area contributed by atoms with Crippen molar-refractivity contribution in [2.45, 2.75) is 0 Å². The summed E-state index contributed by atoms with van der Waals surface area (Å²) >= 11 is 0. The van der Waals surface area contributed by atoms with E-state index in [0.717, 1.165) is 32.7 Å². The molecule has 1 aromatic rings. The standard InChI is InChI=1S/C7H14N6O/c14-6-5-12-1-3-13(4-2-12)7-8-10-11-9-7/h14H,1-6H2,(H,8,9,10,11). The van der Waals surface area contributed by atoms with Gasteiger partial charge in [0.15, 0.2) is 0 Å². The number of nitrogens with zero attached hydrogens (tertiary/aromatic N) is 5. The average Bonchev–Trinajstić information content (AvgIpc) is 2.72. The van der Waals surface area contributed by atoms with Crippen molar-refractivity contribution in [2.75, 3.05) is 44.2 Å². The number of hydrogen-bond acceptors (Lipinski definition) is 6. The lowest BCUT2D eigenvalue weighted by molar-refractivity contribution is 0.188. The van der Waals surface area contributed by atoms with Gasteiger partial charge in [-0.15, -0.1) is 5.10 Å². The molecule has 0 spiro atoms. The van der Waals surface area contributed by atoms with Gasteiger partial charge in [-0.1, -0.05) is 5.10 Å². The van der Waals surface area contributed by atoms with Crippen LogP contribution in [0.5, 0.6) is 0 Å². The van der Waals surface area contributed by atoms with Crippen molar-refractivity contribution in [1.82, 2.24) is 25.5 Å². The topological polar surface area (TPSA) is 81.2 Å². The van der Waals surface area contributed by atoms with Crippen LogP contribution in [0.25, 0.3) is 0 Å². The molecule has 1 aromatic heterocycles. The largest absolute Gasteiger partial charge is 0.395 e. The predicted octanol–water partition coefficient (Wildman–Crippen LogP) is -1.69. The Morgan fingerprint density at radius 3 is 2.64 bits per heavy atom. The minimum atomic E-state index is 0.224. The number of piperazine rings is 1. The van der Waals surface area contributed by atoms with E-state index in [4.69, 9.17) is 5.11 Å². The number of β-amino-alcohol motifs (C(OH)–C–C–N with tert-alkyl or cyclic N) is 1. The van der Waals surface area contributed by atoms with E-state index in [1.165, 1.54) is 0 Å². The number of anilines is 1. The molecule has 1 saturated heterocycles. The third-order valence-corrected chi connectivity index (χ3v) is 2.41. The maximum atomic E-state index is 8.77. The first-order valence-corrected chi connectivity index (χ1v) is 4.72. The fourth-order valence-corrected chi connectivity index (χ4v) is 1.60. The van der Waals surface area contributed by atoms with Crippen LogP contribution in [0.3, 0.4) is 0 Å². The molecule has 7 heteroatoms. The molecule has 78 valence electrons. The first-order chi connectivity index (χ1) is 6.90. The summed E-state index contributed by atoms with van der Waals surface area (Å²) in [4.78, 5) is 4.30. The van der Waals surface area contributed by atoms with Crippen molar-refractivity contribution in [2.24, 2.45) is 0 Å². The van der Waals surface area contributed by atoms with Gasteiger partial charge < -0.3 is 10.0 Å². The number of hydrogen-bond donors (Lipinski definition) is 2. The van der Waals surface area contributed by atoms with Gasteiger partial charge in [0.1, 0.15) is 0 Å². The highest BCUT2D eigenvalue weighted by atomic mass is 16.3. The molecule has 0 atom stereocenters. The lowest BCUT2D eigenvalue weighted by Crippen LogP contribution is -2.47. The maximum absolute atomic E-state index is 8.77. The van der Waals surface area contributed by atoms with Gasteiger partial charge >= 0.3 is 0 Å². The summed E-state index contributed by atoms with van der Waals surface area (Å²) in [7, 11) is 0. The maximum Gasteiger partial charge on any atom is 0.265 e. The lowest BCUT2D eigenvalue weighted by Gasteiger charge is -2.33. The smallest absolute Gasteiger partial charge is 0.265 e. The van der Waals surface area contributed by atoms with Crippen molar-refractivity contribution in [3.63, 3.8) is 0 Å². The lowest BCUT2D eigenvalue weighted by atomic mass is 10.3. The number of nitrogens with one attached hydrogen (secondary N) is 1. The van der Waals surface area contributed by atoms with E-state index >= 15 is 0 Å². The van der Waals surface area contributed by atoms with Gasteiger partial charge in [0.05, 0.1) is 6.61 Å². The Labute approximate surface area is 81.7 Å². The van der Waals surface area contributed by atoms with Crippen LogP contribution in [0, 0.1) is 0 Å². The Morgan fingerprint density at radius 1 is 1.29 bits per heavy atom. The quantitative estimate of drug-likeness (QED) is 0.603. The van der Waals surface area contributed by atoms with Crippen molar-refractivity contribution >= 4 is 5.95 Å². The van der Waals surface area contributed by atoms with Crippen LogP contribution in [0.4, 0.5) is 5.95 Å². The van der Waals surface area contributed by atoms with E-state index < -0.39 is 0 Å². The summed E-state index contributed by atoms with van der Waals surface area (Å²) in [5, 5.41) is 22.6. The predicted molar refractivity (Wildman–Crippen MR) is 49.9 cm³/mol. The third-order valence-electron chi connectivity index (χ3n) is 2.41. The highest BCUT2D eigenvalue weighted by Crippen LogP contribution is 2.07. The van der Waals surface area contributed by atoms with E-state index in [-0.39, 0.29) is 6.61 Å². The molecule has 0 radical (unpaired) electrons. The first kappa shape index (κ1) is 9.35. The third kappa shape index (κ3) is 1.99. The van der Waals surface area contributed by atoms with Gasteiger partial charge in [0.2, 0.25) is 0 Å². The number of aromatic nitrogens is 4. The molecule has 2 N–H and O–H groups in total. The molecule has 14 heavy (non-hydrogen) atoms. The van der Waals surface area contributed by atoms with Crippen LogP contribution < -0.4 is 4.90 Å². The normalized spacial score (nSPS) is 18.8. The highest BCUT2D eigenvalue weighted by Gasteiger charge is 2.18. The minimum absolute atomic E-state index is 0.224. The molecular formula is C7H14N6O. The Balaban J connectivity index is 1.84. The fraction of sp³-hybridized carbons (Fsp3) is 0.857. The Bertz CT molecular complexity index is 255. The van der Waals surface area contributed by atoms with Crippen molar-refractivity contribution in [3.05, 3.63) is 0 Å². The monoisotopic (exact) mass is 198 g/mol. The van der Waals surface area contributed by atoms with Gasteiger partial charge in [-0.05, 0) is 5.21 Å². The summed E-state index contributed by atoms with van der Waals surface area (Å²) in [6.45, 7) is 4.63. The number of aliphatic hydroxyl groups is 1. The molecule has 2 heterocycles. The number of aliphatic hydroxyl groups excluding tert-OH is 1. The molecule has 0 amide bonds.